The Morgan fingerprint density at radius 2 is 1.94 bits per heavy atom. The highest BCUT2D eigenvalue weighted by Gasteiger charge is 2.21. The Hall–Kier alpha value is -1.26. The molecule has 0 aromatic heterocycles. The number of benzene rings is 1. The van der Waals surface area contributed by atoms with Crippen LogP contribution in [-0.4, -0.2) is 43.4 Å². The maximum Gasteiger partial charge on any atom is 0.161 e. The fraction of sp³-hybridized carbons (Fsp3) is 0.571. The first kappa shape index (κ1) is 13.2. The van der Waals surface area contributed by atoms with Gasteiger partial charge in [-0.2, -0.15) is 0 Å². The molecule has 1 atom stereocenters. The molecule has 0 amide bonds. The van der Waals surface area contributed by atoms with Crippen LogP contribution in [0.15, 0.2) is 12.1 Å². The van der Waals surface area contributed by atoms with Gasteiger partial charge < -0.3 is 14.6 Å². The summed E-state index contributed by atoms with van der Waals surface area (Å²) >= 11 is 0. The van der Waals surface area contributed by atoms with Crippen LogP contribution < -0.4 is 9.47 Å². The molecule has 1 heterocycles. The van der Waals surface area contributed by atoms with Gasteiger partial charge >= 0.3 is 0 Å². The van der Waals surface area contributed by atoms with Crippen molar-refractivity contribution in [3.8, 4) is 11.5 Å². The molecule has 0 spiro atoms. The second-order valence-corrected chi connectivity index (χ2v) is 4.81. The van der Waals surface area contributed by atoms with E-state index in [9.17, 15) is 5.11 Å². The van der Waals surface area contributed by atoms with E-state index in [0.717, 1.165) is 37.6 Å². The number of nitrogens with zero attached hydrogens (tertiary/aromatic N) is 1. The summed E-state index contributed by atoms with van der Waals surface area (Å²) in [6.45, 7) is 4.63. The molecule has 0 aliphatic carbocycles. The van der Waals surface area contributed by atoms with Crippen molar-refractivity contribution in [2.45, 2.75) is 26.0 Å². The van der Waals surface area contributed by atoms with Crippen molar-refractivity contribution in [2.24, 2.45) is 0 Å². The molecule has 1 aromatic rings. The van der Waals surface area contributed by atoms with E-state index in [2.05, 4.69) is 11.8 Å². The van der Waals surface area contributed by atoms with Gasteiger partial charge in [0.15, 0.2) is 11.5 Å². The first-order valence-corrected chi connectivity index (χ1v) is 6.26. The Morgan fingerprint density at radius 1 is 1.28 bits per heavy atom. The summed E-state index contributed by atoms with van der Waals surface area (Å²) in [5, 5.41) is 9.54. The Bertz CT molecular complexity index is 420. The molecule has 0 unspecified atom stereocenters. The van der Waals surface area contributed by atoms with E-state index in [1.165, 1.54) is 11.1 Å². The molecule has 4 nitrogen and oxygen atoms in total. The van der Waals surface area contributed by atoms with Crippen molar-refractivity contribution in [2.75, 3.05) is 27.3 Å². The van der Waals surface area contributed by atoms with Crippen molar-refractivity contribution in [3.63, 3.8) is 0 Å². The SMILES string of the molecule is COc1cc(C)c(CN2CC[C@@H](O)C2)cc1OC. The van der Waals surface area contributed by atoms with Gasteiger partial charge in [0, 0.05) is 19.6 Å². The number of rotatable bonds is 4. The quantitative estimate of drug-likeness (QED) is 0.882. The maximum absolute atomic E-state index is 9.54. The molecule has 0 radical (unpaired) electrons. The zero-order valence-corrected chi connectivity index (χ0v) is 11.3. The molecule has 1 aliphatic heterocycles. The number of aliphatic hydroxyl groups excluding tert-OH is 1. The molecule has 0 bridgehead atoms. The first-order chi connectivity index (χ1) is 8.63. The largest absolute Gasteiger partial charge is 0.493 e. The molecule has 1 saturated heterocycles. The summed E-state index contributed by atoms with van der Waals surface area (Å²) in [6.07, 6.45) is 0.692. The molecule has 4 heteroatoms. The second kappa shape index (κ2) is 5.59. The minimum Gasteiger partial charge on any atom is -0.493 e. The fourth-order valence-corrected chi connectivity index (χ4v) is 2.39. The topological polar surface area (TPSA) is 41.9 Å². The molecule has 1 N–H and O–H groups in total. The lowest BCUT2D eigenvalue weighted by Crippen LogP contribution is -2.22. The summed E-state index contributed by atoms with van der Waals surface area (Å²) in [7, 11) is 3.30. The number of β-amino-alcohol motifs (C(OH)–C–C–N with tert-alkyl or cyclic N) is 1. The van der Waals surface area contributed by atoms with Crippen LogP contribution in [0.1, 0.15) is 17.5 Å². The molecular formula is C14H21NO3. The number of hydrogen-bond donors (Lipinski definition) is 1. The van der Waals surface area contributed by atoms with Crippen molar-refractivity contribution in [1.29, 1.82) is 0 Å². The Kier molecular flexibility index (Phi) is 4.09. The fourth-order valence-electron chi connectivity index (χ4n) is 2.39. The van der Waals surface area contributed by atoms with E-state index in [0.29, 0.717) is 0 Å². The number of aryl methyl sites for hydroxylation is 1. The molecular weight excluding hydrogens is 230 g/mol. The predicted molar refractivity (Wildman–Crippen MR) is 70.2 cm³/mol. The second-order valence-electron chi connectivity index (χ2n) is 4.81. The van der Waals surface area contributed by atoms with E-state index in [1.807, 2.05) is 12.1 Å². The molecule has 18 heavy (non-hydrogen) atoms. The number of likely N-dealkylation sites (tertiary alicyclic amines) is 1. The lowest BCUT2D eigenvalue weighted by Gasteiger charge is -2.18. The van der Waals surface area contributed by atoms with Gasteiger partial charge in [-0.1, -0.05) is 0 Å². The third-order valence-corrected chi connectivity index (χ3v) is 3.48. The monoisotopic (exact) mass is 251 g/mol. The van der Waals surface area contributed by atoms with Gasteiger partial charge in [0.25, 0.3) is 0 Å². The van der Waals surface area contributed by atoms with Gasteiger partial charge in [0.1, 0.15) is 0 Å². The van der Waals surface area contributed by atoms with Gasteiger partial charge in [-0.3, -0.25) is 4.90 Å². The molecule has 1 aromatic carbocycles. The molecule has 100 valence electrons. The normalized spacial score (nSPS) is 20.1. The number of hydrogen-bond acceptors (Lipinski definition) is 4. The van der Waals surface area contributed by atoms with E-state index in [-0.39, 0.29) is 6.10 Å². The van der Waals surface area contributed by atoms with E-state index < -0.39 is 0 Å². The Labute approximate surface area is 108 Å². The van der Waals surface area contributed by atoms with Crippen LogP contribution in [0.5, 0.6) is 11.5 Å². The van der Waals surface area contributed by atoms with Gasteiger partial charge in [-0.15, -0.1) is 0 Å². The van der Waals surface area contributed by atoms with Crippen LogP contribution in [0.25, 0.3) is 0 Å². The van der Waals surface area contributed by atoms with Crippen LogP contribution >= 0.6 is 0 Å². The predicted octanol–water partition coefficient (Wildman–Crippen LogP) is 1.58. The average molecular weight is 251 g/mol. The van der Waals surface area contributed by atoms with Crippen molar-refractivity contribution in [3.05, 3.63) is 23.3 Å². The van der Waals surface area contributed by atoms with Gasteiger partial charge in [0.2, 0.25) is 0 Å². The standard InChI is InChI=1S/C14H21NO3/c1-10-6-13(17-2)14(18-3)7-11(10)8-15-5-4-12(16)9-15/h6-7,12,16H,4-5,8-9H2,1-3H3/t12-/m1/s1. The summed E-state index contributed by atoms with van der Waals surface area (Å²) < 4.78 is 10.6. The number of aliphatic hydroxyl groups is 1. The lowest BCUT2D eigenvalue weighted by molar-refractivity contribution is 0.174. The van der Waals surface area contributed by atoms with E-state index >= 15 is 0 Å². The van der Waals surface area contributed by atoms with Crippen LogP contribution in [-0.2, 0) is 6.54 Å². The third kappa shape index (κ3) is 2.76. The van der Waals surface area contributed by atoms with E-state index in [1.54, 1.807) is 14.2 Å². The van der Waals surface area contributed by atoms with Crippen LogP contribution in [0.4, 0.5) is 0 Å². The zero-order chi connectivity index (χ0) is 13.1. The van der Waals surface area contributed by atoms with Gasteiger partial charge in [-0.05, 0) is 36.6 Å². The number of methoxy groups -OCH3 is 2. The summed E-state index contributed by atoms with van der Waals surface area (Å²) in [5.74, 6) is 1.53. The third-order valence-electron chi connectivity index (χ3n) is 3.48. The van der Waals surface area contributed by atoms with Crippen LogP contribution in [0, 0.1) is 6.92 Å². The van der Waals surface area contributed by atoms with Crippen molar-refractivity contribution < 1.29 is 14.6 Å². The molecule has 1 aliphatic rings. The summed E-state index contributed by atoms with van der Waals surface area (Å²) in [4.78, 5) is 2.26. The smallest absolute Gasteiger partial charge is 0.161 e. The minimum absolute atomic E-state index is 0.176. The summed E-state index contributed by atoms with van der Waals surface area (Å²) in [6, 6.07) is 4.03. The van der Waals surface area contributed by atoms with Crippen LogP contribution in [0.2, 0.25) is 0 Å². The highest BCUT2D eigenvalue weighted by atomic mass is 16.5. The van der Waals surface area contributed by atoms with Crippen molar-refractivity contribution >= 4 is 0 Å². The van der Waals surface area contributed by atoms with Gasteiger partial charge in [-0.25, -0.2) is 0 Å². The van der Waals surface area contributed by atoms with Crippen LogP contribution in [0.3, 0.4) is 0 Å². The maximum atomic E-state index is 9.54. The van der Waals surface area contributed by atoms with Gasteiger partial charge in [0.05, 0.1) is 20.3 Å². The molecule has 0 saturated carbocycles. The minimum atomic E-state index is -0.176. The van der Waals surface area contributed by atoms with E-state index in [4.69, 9.17) is 9.47 Å². The molecule has 1 fully saturated rings. The molecule has 2 rings (SSSR count). The summed E-state index contributed by atoms with van der Waals surface area (Å²) in [5.41, 5.74) is 2.41. The Morgan fingerprint density at radius 3 is 2.50 bits per heavy atom. The number of ether oxygens (including phenoxy) is 2. The van der Waals surface area contributed by atoms with Crippen molar-refractivity contribution in [1.82, 2.24) is 4.90 Å². The zero-order valence-electron chi connectivity index (χ0n) is 11.3. The lowest BCUT2D eigenvalue weighted by atomic mass is 10.1. The highest BCUT2D eigenvalue weighted by molar-refractivity contribution is 5.47. The first-order valence-electron chi connectivity index (χ1n) is 6.26. The highest BCUT2D eigenvalue weighted by Crippen LogP contribution is 2.31. The average Bonchev–Trinajstić information content (AvgIpc) is 2.77. The Balaban J connectivity index is 2.17.